The average Bonchev–Trinajstić information content (AvgIpc) is 2.47. The predicted molar refractivity (Wildman–Crippen MR) is 90.7 cm³/mol. The van der Waals surface area contributed by atoms with E-state index in [0.717, 1.165) is 17.7 Å². The van der Waals surface area contributed by atoms with Gasteiger partial charge in [-0.05, 0) is 60.6 Å². The molecule has 2 N–H and O–H groups in total. The van der Waals surface area contributed by atoms with Crippen LogP contribution in [-0.4, -0.2) is 5.11 Å². The van der Waals surface area contributed by atoms with E-state index < -0.39 is 17.6 Å². The van der Waals surface area contributed by atoms with Gasteiger partial charge in [0.2, 0.25) is 0 Å². The highest BCUT2D eigenvalue weighted by Crippen LogP contribution is 2.30. The van der Waals surface area contributed by atoms with Gasteiger partial charge in [0, 0.05) is 6.54 Å². The molecule has 0 aliphatic rings. The van der Waals surface area contributed by atoms with Crippen LogP contribution < -0.4 is 10.6 Å². The van der Waals surface area contributed by atoms with Gasteiger partial charge in [0.05, 0.1) is 16.3 Å². The molecule has 0 spiro atoms. The zero-order valence-electron chi connectivity index (χ0n) is 12.5. The zero-order valence-corrected chi connectivity index (χ0v) is 14.0. The van der Waals surface area contributed by atoms with Crippen LogP contribution in [0.5, 0.6) is 0 Å². The number of halogens is 5. The molecule has 2 aromatic carbocycles. The number of rotatable bonds is 3. The van der Waals surface area contributed by atoms with Crippen LogP contribution in [0.2, 0.25) is 5.02 Å². The van der Waals surface area contributed by atoms with Crippen LogP contribution in [0.15, 0.2) is 36.4 Å². The minimum Gasteiger partial charge on any atom is -0.358 e. The highest BCUT2D eigenvalue weighted by Gasteiger charge is 2.31. The molecule has 24 heavy (non-hydrogen) atoms. The van der Waals surface area contributed by atoms with Gasteiger partial charge in [0.25, 0.3) is 0 Å². The molecule has 2 aromatic rings. The summed E-state index contributed by atoms with van der Waals surface area (Å²) < 4.78 is 51.3. The highest BCUT2D eigenvalue weighted by molar-refractivity contribution is 7.80. The second-order valence-electron chi connectivity index (χ2n) is 5.14. The van der Waals surface area contributed by atoms with Crippen molar-refractivity contribution in [3.63, 3.8) is 0 Å². The van der Waals surface area contributed by atoms with Gasteiger partial charge in [-0.15, -0.1) is 0 Å². The molecule has 0 fully saturated rings. The van der Waals surface area contributed by atoms with Crippen LogP contribution in [0, 0.1) is 12.7 Å². The Morgan fingerprint density at radius 3 is 2.50 bits per heavy atom. The van der Waals surface area contributed by atoms with Gasteiger partial charge in [-0.3, -0.25) is 0 Å². The molecular weight excluding hydrogens is 364 g/mol. The maximum Gasteiger partial charge on any atom is 0.416 e. The van der Waals surface area contributed by atoms with Crippen molar-refractivity contribution in [1.29, 1.82) is 0 Å². The van der Waals surface area contributed by atoms with Crippen molar-refractivity contribution < 1.29 is 17.6 Å². The van der Waals surface area contributed by atoms with E-state index in [1.165, 1.54) is 0 Å². The fourth-order valence-corrected chi connectivity index (χ4v) is 2.45. The molecule has 128 valence electrons. The molecule has 0 amide bonds. The lowest BCUT2D eigenvalue weighted by molar-refractivity contribution is -0.137. The lowest BCUT2D eigenvalue weighted by atomic mass is 10.1. The summed E-state index contributed by atoms with van der Waals surface area (Å²) in [5.41, 5.74) is 0.625. The summed E-state index contributed by atoms with van der Waals surface area (Å²) in [5, 5.41) is 6.19. The molecule has 0 radical (unpaired) electrons. The number of anilines is 1. The number of aryl methyl sites for hydroxylation is 1. The van der Waals surface area contributed by atoms with Gasteiger partial charge < -0.3 is 10.6 Å². The Kier molecular flexibility index (Phi) is 5.66. The third-order valence-corrected chi connectivity index (χ3v) is 3.67. The van der Waals surface area contributed by atoms with E-state index in [0.29, 0.717) is 16.8 Å². The molecule has 0 aliphatic heterocycles. The molecule has 2 rings (SSSR count). The minimum absolute atomic E-state index is 0.0594. The van der Waals surface area contributed by atoms with Crippen LogP contribution in [-0.2, 0) is 12.7 Å². The van der Waals surface area contributed by atoms with E-state index >= 15 is 0 Å². The number of benzene rings is 2. The summed E-state index contributed by atoms with van der Waals surface area (Å²) in [6.45, 7) is 1.82. The SMILES string of the molecule is Cc1ccc(NC(=S)NCc2cc(F)cc(C(F)(F)F)c2)c(Cl)c1. The van der Waals surface area contributed by atoms with Gasteiger partial charge in [-0.1, -0.05) is 17.7 Å². The summed E-state index contributed by atoms with van der Waals surface area (Å²) in [6, 6.07) is 7.65. The standard InChI is InChI=1S/C16H13ClF4N2S/c1-9-2-3-14(13(17)4-9)23-15(24)22-8-10-5-11(16(19,20)21)7-12(18)6-10/h2-7H,8H2,1H3,(H2,22,23,24). The normalized spacial score (nSPS) is 11.2. The number of nitrogens with one attached hydrogen (secondary N) is 2. The van der Waals surface area contributed by atoms with Crippen molar-refractivity contribution in [1.82, 2.24) is 5.32 Å². The molecule has 0 aromatic heterocycles. The van der Waals surface area contributed by atoms with Crippen LogP contribution >= 0.6 is 23.8 Å². The maximum atomic E-state index is 13.3. The number of alkyl halides is 3. The van der Waals surface area contributed by atoms with Gasteiger partial charge in [-0.2, -0.15) is 13.2 Å². The smallest absolute Gasteiger partial charge is 0.358 e. The van der Waals surface area contributed by atoms with Gasteiger partial charge >= 0.3 is 6.18 Å². The maximum absolute atomic E-state index is 13.3. The van der Waals surface area contributed by atoms with Crippen molar-refractivity contribution >= 4 is 34.6 Å². The summed E-state index contributed by atoms with van der Waals surface area (Å²) in [6.07, 6.45) is -4.61. The summed E-state index contributed by atoms with van der Waals surface area (Å²) >= 11 is 11.1. The first kappa shape index (κ1) is 18.5. The van der Waals surface area contributed by atoms with Gasteiger partial charge in [0.1, 0.15) is 5.82 Å². The quantitative estimate of drug-likeness (QED) is 0.562. The Morgan fingerprint density at radius 2 is 1.88 bits per heavy atom. The lowest BCUT2D eigenvalue weighted by Gasteiger charge is -2.13. The van der Waals surface area contributed by atoms with Crippen LogP contribution in [0.1, 0.15) is 16.7 Å². The summed E-state index contributed by atoms with van der Waals surface area (Å²) in [5.74, 6) is -0.956. The molecule has 8 heteroatoms. The molecule has 0 aliphatic carbocycles. The zero-order chi connectivity index (χ0) is 17.9. The molecule has 0 unspecified atom stereocenters. The van der Waals surface area contributed by atoms with Crippen LogP contribution in [0.25, 0.3) is 0 Å². The average molecular weight is 377 g/mol. The van der Waals surface area contributed by atoms with Crippen LogP contribution in [0.3, 0.4) is 0 Å². The van der Waals surface area contributed by atoms with Crippen molar-refractivity contribution in [2.75, 3.05) is 5.32 Å². The Labute approximate surface area is 146 Å². The molecule has 0 saturated heterocycles. The molecule has 0 saturated carbocycles. The third-order valence-electron chi connectivity index (χ3n) is 3.11. The number of thiocarbonyl (C=S) groups is 1. The fourth-order valence-electron chi connectivity index (χ4n) is 1.99. The summed E-state index contributed by atoms with van der Waals surface area (Å²) in [4.78, 5) is 0. The Bertz CT molecular complexity index is 762. The van der Waals surface area contributed by atoms with E-state index in [1.54, 1.807) is 12.1 Å². The third kappa shape index (κ3) is 5.07. The Hall–Kier alpha value is -1.86. The first-order valence-corrected chi connectivity index (χ1v) is 7.61. The van der Waals surface area contributed by atoms with E-state index in [4.69, 9.17) is 23.8 Å². The molecule has 0 bridgehead atoms. The molecule has 2 nitrogen and oxygen atoms in total. The van der Waals surface area contributed by atoms with Crippen molar-refractivity contribution in [2.24, 2.45) is 0 Å². The van der Waals surface area contributed by atoms with Crippen LogP contribution in [0.4, 0.5) is 23.2 Å². The Morgan fingerprint density at radius 1 is 1.17 bits per heavy atom. The second kappa shape index (κ2) is 7.36. The highest BCUT2D eigenvalue weighted by atomic mass is 35.5. The topological polar surface area (TPSA) is 24.1 Å². The Balaban J connectivity index is 2.02. The monoisotopic (exact) mass is 376 g/mol. The fraction of sp³-hybridized carbons (Fsp3) is 0.188. The molecule has 0 atom stereocenters. The van der Waals surface area contributed by atoms with Gasteiger partial charge in [0.15, 0.2) is 5.11 Å². The van der Waals surface area contributed by atoms with E-state index in [1.807, 2.05) is 13.0 Å². The predicted octanol–water partition coefficient (Wildman–Crippen LogP) is 5.29. The van der Waals surface area contributed by atoms with Crippen molar-refractivity contribution in [3.8, 4) is 0 Å². The van der Waals surface area contributed by atoms with E-state index in [9.17, 15) is 17.6 Å². The number of hydrogen-bond acceptors (Lipinski definition) is 1. The van der Waals surface area contributed by atoms with Crippen molar-refractivity contribution in [3.05, 3.63) is 63.9 Å². The van der Waals surface area contributed by atoms with E-state index in [2.05, 4.69) is 10.6 Å². The van der Waals surface area contributed by atoms with Gasteiger partial charge in [-0.25, -0.2) is 4.39 Å². The van der Waals surface area contributed by atoms with E-state index in [-0.39, 0.29) is 17.2 Å². The first-order chi connectivity index (χ1) is 11.1. The second-order valence-corrected chi connectivity index (χ2v) is 5.95. The van der Waals surface area contributed by atoms with Crippen molar-refractivity contribution in [2.45, 2.75) is 19.6 Å². The molecule has 0 heterocycles. The minimum atomic E-state index is -4.61. The first-order valence-electron chi connectivity index (χ1n) is 6.83. The lowest BCUT2D eigenvalue weighted by Crippen LogP contribution is -2.28. The largest absolute Gasteiger partial charge is 0.416 e. The molecular formula is C16H13ClF4N2S. The summed E-state index contributed by atoms with van der Waals surface area (Å²) in [7, 11) is 0. The number of hydrogen-bond donors (Lipinski definition) is 2.